The van der Waals surface area contributed by atoms with E-state index in [1.54, 1.807) is 33.7 Å². The standard InChI is InChI=1S/C47H55F2N9O5/c1-29-32-8-6-9-33(22-32)47(48,49)17-14-30-25-55(26-30)18-4-2-3-5-19-57-43-36(42(53-29)51-28-52-43)23-35(46(57)63)31-15-20-56(21-16-31)41(60)24-50-38-11-7-10-34-37(38)27-58(45(34)62)39-12-13-40(59)54-44(39)61/h6-11,22-23,28-31,39,50H,2-5,12-21,24-27H2,1H3,(H,51,52,53)(H,54,59,61)/t29-,39?/m1/s1. The number of hydrogen-bond donors (Lipinski definition) is 3. The van der Waals surface area contributed by atoms with Crippen molar-refractivity contribution in [3.63, 3.8) is 0 Å². The van der Waals surface area contributed by atoms with Gasteiger partial charge in [0.1, 0.15) is 23.8 Å². The van der Waals surface area contributed by atoms with E-state index in [9.17, 15) is 24.0 Å². The predicted molar refractivity (Wildman–Crippen MR) is 233 cm³/mol. The van der Waals surface area contributed by atoms with E-state index in [1.165, 1.54) is 17.3 Å². The summed E-state index contributed by atoms with van der Waals surface area (Å²) in [5.41, 5.74) is 3.61. The maximum atomic E-state index is 15.6. The lowest BCUT2D eigenvalue weighted by atomic mass is 9.89. The monoisotopic (exact) mass is 863 g/mol. The van der Waals surface area contributed by atoms with Gasteiger partial charge in [0.25, 0.3) is 17.4 Å². The van der Waals surface area contributed by atoms with Crippen LogP contribution < -0.4 is 21.5 Å². The molecule has 16 heteroatoms. The Bertz CT molecular complexity index is 2480. The number of rotatable bonds is 5. The number of amides is 4. The van der Waals surface area contributed by atoms with Crippen LogP contribution >= 0.6 is 0 Å². The lowest BCUT2D eigenvalue weighted by Crippen LogP contribution is -2.52. The number of fused-ring (bicyclic) bond motifs is 9. The Labute approximate surface area is 364 Å². The number of aromatic nitrogens is 3. The van der Waals surface area contributed by atoms with E-state index in [0.29, 0.717) is 89.6 Å². The summed E-state index contributed by atoms with van der Waals surface area (Å²) >= 11 is 0. The summed E-state index contributed by atoms with van der Waals surface area (Å²) in [4.78, 5) is 80.6. The summed E-state index contributed by atoms with van der Waals surface area (Å²) in [6.45, 7) is 6.19. The van der Waals surface area contributed by atoms with Gasteiger partial charge < -0.3 is 25.3 Å². The molecular weight excluding hydrogens is 809 g/mol. The highest BCUT2D eigenvalue weighted by atomic mass is 19.3. The lowest BCUT2D eigenvalue weighted by molar-refractivity contribution is -0.137. The number of pyridine rings is 1. The highest BCUT2D eigenvalue weighted by Gasteiger charge is 2.40. The van der Waals surface area contributed by atoms with Gasteiger partial charge in [-0.2, -0.15) is 0 Å². The van der Waals surface area contributed by atoms with Gasteiger partial charge in [0.2, 0.25) is 17.7 Å². The molecule has 63 heavy (non-hydrogen) atoms. The molecule has 8 heterocycles. The SMILES string of the molecule is C[C@H]1Nc2ncnc3c2cc(C2CCN(C(=O)CNc4cccc5c4CN(C4CCC(=O)NC4=O)C5=O)CC2)c(=O)n3CCCCCCN2CC(CCC(F)(F)c3cccc1c3)C2. The molecule has 4 aromatic rings. The van der Waals surface area contributed by atoms with Crippen LogP contribution in [0.4, 0.5) is 20.3 Å². The normalized spacial score (nSPS) is 24.5. The first-order valence-corrected chi connectivity index (χ1v) is 22.6. The molecule has 8 bridgehead atoms. The quantitative estimate of drug-likeness (QED) is 0.206. The van der Waals surface area contributed by atoms with Crippen molar-refractivity contribution in [3.05, 3.63) is 93.0 Å². The summed E-state index contributed by atoms with van der Waals surface area (Å²) in [5.74, 6) is -3.46. The molecule has 10 rings (SSSR count). The third-order valence-electron chi connectivity index (χ3n) is 13.9. The number of alkyl halides is 2. The molecule has 332 valence electrons. The number of anilines is 2. The molecule has 3 fully saturated rings. The Morgan fingerprint density at radius 1 is 0.905 bits per heavy atom. The molecule has 14 nitrogen and oxygen atoms in total. The second kappa shape index (κ2) is 17.8. The van der Waals surface area contributed by atoms with Crippen LogP contribution in [0.25, 0.3) is 11.0 Å². The van der Waals surface area contributed by atoms with Crippen LogP contribution in [0.1, 0.15) is 116 Å². The summed E-state index contributed by atoms with van der Waals surface area (Å²) in [5, 5.41) is 9.72. The average molecular weight is 864 g/mol. The molecule has 2 aromatic carbocycles. The van der Waals surface area contributed by atoms with Crippen molar-refractivity contribution in [2.75, 3.05) is 49.9 Å². The van der Waals surface area contributed by atoms with Crippen LogP contribution in [0, 0.1) is 5.92 Å². The van der Waals surface area contributed by atoms with Crippen LogP contribution in [0.3, 0.4) is 0 Å². The molecule has 4 amide bonds. The highest BCUT2D eigenvalue weighted by molar-refractivity contribution is 6.06. The molecule has 2 aromatic heterocycles. The maximum Gasteiger partial charge on any atom is 0.273 e. The predicted octanol–water partition coefficient (Wildman–Crippen LogP) is 5.92. The fraction of sp³-hybridized carbons (Fsp3) is 0.511. The van der Waals surface area contributed by atoms with E-state index < -0.39 is 17.9 Å². The van der Waals surface area contributed by atoms with Crippen molar-refractivity contribution in [2.24, 2.45) is 5.92 Å². The van der Waals surface area contributed by atoms with Crippen LogP contribution in [0.2, 0.25) is 0 Å². The summed E-state index contributed by atoms with van der Waals surface area (Å²) in [6.07, 6.45) is 7.12. The second-order valence-corrected chi connectivity index (χ2v) is 18.0. The Hall–Kier alpha value is -5.77. The largest absolute Gasteiger partial charge is 0.376 e. The van der Waals surface area contributed by atoms with Gasteiger partial charge in [-0.15, -0.1) is 0 Å². The zero-order valence-electron chi connectivity index (χ0n) is 35.7. The first kappa shape index (κ1) is 42.5. The number of nitrogens with zero attached hydrogens (tertiary/aromatic N) is 6. The van der Waals surface area contributed by atoms with Gasteiger partial charge in [-0.25, -0.2) is 18.7 Å². The lowest BCUT2D eigenvalue weighted by Gasteiger charge is -2.40. The van der Waals surface area contributed by atoms with Gasteiger partial charge in [-0.05, 0) is 93.7 Å². The molecule has 3 N–H and O–H groups in total. The van der Waals surface area contributed by atoms with E-state index >= 15 is 8.78 Å². The molecular formula is C47H55F2N9O5. The van der Waals surface area contributed by atoms with Gasteiger partial charge in [0.15, 0.2) is 0 Å². The number of imide groups is 1. The van der Waals surface area contributed by atoms with Gasteiger partial charge in [-0.1, -0.05) is 37.1 Å². The molecule has 3 saturated heterocycles. The Kier molecular flexibility index (Phi) is 12.0. The van der Waals surface area contributed by atoms with E-state index in [1.807, 2.05) is 25.1 Å². The number of piperidine rings is 2. The van der Waals surface area contributed by atoms with Crippen molar-refractivity contribution in [1.82, 2.24) is 34.6 Å². The first-order chi connectivity index (χ1) is 30.4. The Morgan fingerprint density at radius 2 is 1.68 bits per heavy atom. The molecule has 0 saturated carbocycles. The van der Waals surface area contributed by atoms with Crippen LogP contribution in [-0.2, 0) is 33.4 Å². The number of carbonyl (C=O) groups is 4. The third-order valence-corrected chi connectivity index (χ3v) is 13.9. The smallest absolute Gasteiger partial charge is 0.273 e. The molecule has 6 aliphatic heterocycles. The zero-order valence-corrected chi connectivity index (χ0v) is 35.7. The van der Waals surface area contributed by atoms with E-state index in [-0.39, 0.29) is 73.2 Å². The molecule has 6 aliphatic rings. The molecule has 0 radical (unpaired) electrons. The molecule has 2 atom stereocenters. The first-order valence-electron chi connectivity index (χ1n) is 22.6. The molecule has 0 aliphatic carbocycles. The second-order valence-electron chi connectivity index (χ2n) is 18.0. The van der Waals surface area contributed by atoms with Crippen molar-refractivity contribution in [3.8, 4) is 0 Å². The van der Waals surface area contributed by atoms with Gasteiger partial charge in [0, 0.05) is 86.1 Å². The number of likely N-dealkylation sites (tertiary alicyclic amines) is 1. The van der Waals surface area contributed by atoms with E-state index in [4.69, 9.17) is 0 Å². The number of nitrogens with one attached hydrogen (secondary N) is 3. The van der Waals surface area contributed by atoms with E-state index in [2.05, 4.69) is 30.8 Å². The topological polar surface area (TPSA) is 162 Å². The van der Waals surface area contributed by atoms with Gasteiger partial charge in [0.05, 0.1) is 11.9 Å². The third kappa shape index (κ3) is 8.78. The molecule has 0 spiro atoms. The highest BCUT2D eigenvalue weighted by Crippen LogP contribution is 2.38. The van der Waals surface area contributed by atoms with Crippen molar-refractivity contribution >= 4 is 46.2 Å². The van der Waals surface area contributed by atoms with Crippen LogP contribution in [-0.4, -0.2) is 98.2 Å². The fourth-order valence-corrected chi connectivity index (χ4v) is 10.1. The minimum absolute atomic E-state index is 0.000158. The summed E-state index contributed by atoms with van der Waals surface area (Å²) in [7, 11) is 0. The van der Waals surface area contributed by atoms with Gasteiger partial charge in [-0.3, -0.25) is 33.9 Å². The summed E-state index contributed by atoms with van der Waals surface area (Å²) in [6, 6.07) is 12.7. The fourth-order valence-electron chi connectivity index (χ4n) is 10.1. The van der Waals surface area contributed by atoms with Crippen LogP contribution in [0.15, 0.2) is 59.7 Å². The number of hydrogen-bond acceptors (Lipinski definition) is 10. The number of aryl methyl sites for hydroxylation is 1. The number of benzene rings is 2. The van der Waals surface area contributed by atoms with Gasteiger partial charge >= 0.3 is 0 Å². The minimum Gasteiger partial charge on any atom is -0.376 e. The minimum atomic E-state index is -2.94. The number of carbonyl (C=O) groups excluding carboxylic acids is 4. The Balaban J connectivity index is 0.908. The van der Waals surface area contributed by atoms with Crippen molar-refractivity contribution in [2.45, 2.75) is 108 Å². The maximum absolute atomic E-state index is 15.6. The van der Waals surface area contributed by atoms with Crippen LogP contribution in [0.5, 0.6) is 0 Å². The summed E-state index contributed by atoms with van der Waals surface area (Å²) < 4.78 is 32.9. The zero-order chi connectivity index (χ0) is 43.8. The van der Waals surface area contributed by atoms with Crippen molar-refractivity contribution < 1.29 is 28.0 Å². The van der Waals surface area contributed by atoms with E-state index in [0.717, 1.165) is 45.3 Å². The average Bonchev–Trinajstić information content (AvgIpc) is 3.60. The molecule has 1 unspecified atom stereocenters. The van der Waals surface area contributed by atoms with Crippen molar-refractivity contribution in [1.29, 1.82) is 0 Å². The number of halogens is 2. The Morgan fingerprint density at radius 3 is 2.48 bits per heavy atom.